The Morgan fingerprint density at radius 2 is 2.06 bits per heavy atom. The van der Waals surface area contributed by atoms with E-state index in [4.69, 9.17) is 9.26 Å². The third-order valence-electron chi connectivity index (χ3n) is 6.53. The lowest BCUT2D eigenvalue weighted by Crippen LogP contribution is -2.51. The summed E-state index contributed by atoms with van der Waals surface area (Å²) in [5.74, 6) is 1.89. The molecule has 5 rings (SSSR count). The molecule has 31 heavy (non-hydrogen) atoms. The summed E-state index contributed by atoms with van der Waals surface area (Å²) in [6, 6.07) is 9.85. The van der Waals surface area contributed by atoms with Crippen molar-refractivity contribution in [3.63, 3.8) is 0 Å². The third kappa shape index (κ3) is 4.12. The summed E-state index contributed by atoms with van der Waals surface area (Å²) in [6.07, 6.45) is 6.13. The Balaban J connectivity index is 1.23. The number of carbonyl (C=O) groups excluding carboxylic acids is 1. The first-order chi connectivity index (χ1) is 15.1. The van der Waals surface area contributed by atoms with Crippen LogP contribution < -0.4 is 0 Å². The molecule has 2 fully saturated rings. The van der Waals surface area contributed by atoms with E-state index in [2.05, 4.69) is 20.3 Å². The van der Waals surface area contributed by atoms with Crippen LogP contribution in [0.2, 0.25) is 0 Å². The molecule has 2 aromatic heterocycles. The van der Waals surface area contributed by atoms with E-state index in [0.29, 0.717) is 30.5 Å². The van der Waals surface area contributed by atoms with E-state index in [9.17, 15) is 4.79 Å². The van der Waals surface area contributed by atoms with Gasteiger partial charge in [-0.1, -0.05) is 35.5 Å². The lowest BCUT2D eigenvalue weighted by atomic mass is 9.78. The number of nitrogens with one attached hydrogen (secondary N) is 1. The van der Waals surface area contributed by atoms with Crippen LogP contribution >= 0.6 is 0 Å². The van der Waals surface area contributed by atoms with Crippen molar-refractivity contribution < 1.29 is 14.1 Å². The molecule has 1 spiro atoms. The molecule has 0 radical (unpaired) electrons. The van der Waals surface area contributed by atoms with Gasteiger partial charge in [0.05, 0.1) is 23.1 Å². The number of H-pyrrole nitrogens is 1. The van der Waals surface area contributed by atoms with Crippen LogP contribution in [0, 0.1) is 12.8 Å². The molecule has 162 valence electrons. The van der Waals surface area contributed by atoms with Crippen LogP contribution in [0.25, 0.3) is 11.3 Å². The maximum atomic E-state index is 13.2. The number of benzene rings is 1. The Morgan fingerprint density at radius 3 is 2.81 bits per heavy atom. The predicted octanol–water partition coefficient (Wildman–Crippen LogP) is 3.41. The number of hydrogen-bond acceptors (Lipinski definition) is 6. The summed E-state index contributed by atoms with van der Waals surface area (Å²) in [7, 11) is 0. The van der Waals surface area contributed by atoms with Crippen molar-refractivity contribution in [3.8, 4) is 11.3 Å². The average molecular weight is 422 g/mol. The molecule has 8 nitrogen and oxygen atoms in total. The molecule has 0 aliphatic carbocycles. The van der Waals surface area contributed by atoms with Crippen molar-refractivity contribution in [2.24, 2.45) is 5.92 Å². The largest absolute Gasteiger partial charge is 0.375 e. The highest BCUT2D eigenvalue weighted by Gasteiger charge is 2.41. The van der Waals surface area contributed by atoms with Gasteiger partial charge in [0, 0.05) is 38.6 Å². The van der Waals surface area contributed by atoms with E-state index >= 15 is 0 Å². The number of carbonyl (C=O) groups is 1. The minimum Gasteiger partial charge on any atom is -0.375 e. The summed E-state index contributed by atoms with van der Waals surface area (Å²) < 4.78 is 11.4. The van der Waals surface area contributed by atoms with Crippen LogP contribution in [0.4, 0.5) is 0 Å². The maximum Gasteiger partial charge on any atom is 0.257 e. The first-order valence-electron chi connectivity index (χ1n) is 10.9. The summed E-state index contributed by atoms with van der Waals surface area (Å²) in [5, 5.41) is 11.2. The fourth-order valence-electron chi connectivity index (χ4n) is 4.90. The van der Waals surface area contributed by atoms with Crippen LogP contribution in [0.1, 0.15) is 47.8 Å². The first kappa shape index (κ1) is 19.9. The average Bonchev–Trinajstić information content (AvgIpc) is 3.44. The van der Waals surface area contributed by atoms with Crippen LogP contribution in [0.15, 0.2) is 41.1 Å². The zero-order valence-electron chi connectivity index (χ0n) is 17.7. The number of ether oxygens (including phenoxy) is 1. The first-order valence-corrected chi connectivity index (χ1v) is 10.9. The molecular formula is C23H27N5O3. The fourth-order valence-corrected chi connectivity index (χ4v) is 4.90. The van der Waals surface area contributed by atoms with Crippen molar-refractivity contribution in [2.75, 3.05) is 19.7 Å². The smallest absolute Gasteiger partial charge is 0.257 e. The van der Waals surface area contributed by atoms with Gasteiger partial charge < -0.3 is 14.2 Å². The van der Waals surface area contributed by atoms with Gasteiger partial charge in [0.1, 0.15) is 0 Å². The van der Waals surface area contributed by atoms with Crippen molar-refractivity contribution in [3.05, 3.63) is 53.8 Å². The number of aromatic amines is 1. The topological polar surface area (TPSA) is 97.1 Å². The van der Waals surface area contributed by atoms with E-state index in [-0.39, 0.29) is 11.5 Å². The molecule has 0 saturated carbocycles. The molecule has 1 N–H and O–H groups in total. The number of rotatable bonds is 4. The molecule has 3 aromatic rings. The number of piperidine rings is 1. The lowest BCUT2D eigenvalue weighted by molar-refractivity contribution is -0.123. The molecule has 2 aliphatic heterocycles. The summed E-state index contributed by atoms with van der Waals surface area (Å²) >= 11 is 0. The normalized spacial score (nSPS) is 20.8. The quantitative estimate of drug-likeness (QED) is 0.693. The number of nitrogens with zero attached hydrogens (tertiary/aromatic N) is 4. The zero-order valence-corrected chi connectivity index (χ0v) is 17.7. The van der Waals surface area contributed by atoms with Crippen LogP contribution in [0.3, 0.4) is 0 Å². The maximum absolute atomic E-state index is 13.2. The molecule has 8 heteroatoms. The molecule has 2 saturated heterocycles. The van der Waals surface area contributed by atoms with Crippen molar-refractivity contribution >= 4 is 5.91 Å². The Labute approximate surface area is 181 Å². The van der Waals surface area contributed by atoms with Gasteiger partial charge in [0.25, 0.3) is 5.91 Å². The number of aryl methyl sites for hydroxylation is 1. The summed E-state index contributed by atoms with van der Waals surface area (Å²) in [6.45, 7) is 3.94. The third-order valence-corrected chi connectivity index (χ3v) is 6.53. The second kappa shape index (κ2) is 8.26. The van der Waals surface area contributed by atoms with E-state index < -0.39 is 0 Å². The second-order valence-corrected chi connectivity index (χ2v) is 8.64. The number of aromatic nitrogens is 4. The molecule has 2 aliphatic rings. The summed E-state index contributed by atoms with van der Waals surface area (Å²) in [4.78, 5) is 19.5. The van der Waals surface area contributed by atoms with Gasteiger partial charge in [0.15, 0.2) is 5.82 Å². The second-order valence-electron chi connectivity index (χ2n) is 8.64. The van der Waals surface area contributed by atoms with Gasteiger partial charge in [-0.2, -0.15) is 10.1 Å². The van der Waals surface area contributed by atoms with E-state index in [1.165, 1.54) is 0 Å². The van der Waals surface area contributed by atoms with Crippen LogP contribution in [0.5, 0.6) is 0 Å². The highest BCUT2D eigenvalue weighted by atomic mass is 16.5. The van der Waals surface area contributed by atoms with Gasteiger partial charge in [-0.3, -0.25) is 9.89 Å². The Kier molecular flexibility index (Phi) is 5.31. The lowest BCUT2D eigenvalue weighted by Gasteiger charge is -2.46. The van der Waals surface area contributed by atoms with Crippen LogP contribution in [-0.4, -0.2) is 56.4 Å². The Hall–Kier alpha value is -3.00. The molecule has 1 amide bonds. The standard InChI is InChI=1S/C23H27N5O3/c1-16-25-20(27-31-16)13-17-7-12-30-23(14-17)8-10-28(11-9-23)22(29)19-15-24-26-21(19)18-5-3-2-4-6-18/h2-6,15,17H,7-14H2,1H3,(H,24,26). The van der Waals surface area contributed by atoms with E-state index in [1.54, 1.807) is 6.20 Å². The fraction of sp³-hybridized carbons (Fsp3) is 0.478. The number of likely N-dealkylation sites (tertiary alicyclic amines) is 1. The zero-order chi connectivity index (χ0) is 21.3. The minimum absolute atomic E-state index is 0.0251. The van der Waals surface area contributed by atoms with Gasteiger partial charge in [-0.15, -0.1) is 0 Å². The predicted molar refractivity (Wildman–Crippen MR) is 113 cm³/mol. The highest BCUT2D eigenvalue weighted by molar-refractivity contribution is 5.99. The van der Waals surface area contributed by atoms with E-state index in [0.717, 1.165) is 55.8 Å². The van der Waals surface area contributed by atoms with E-state index in [1.807, 2.05) is 42.2 Å². The Bertz CT molecular complexity index is 1040. The van der Waals surface area contributed by atoms with Gasteiger partial charge >= 0.3 is 0 Å². The highest BCUT2D eigenvalue weighted by Crippen LogP contribution is 2.39. The van der Waals surface area contributed by atoms with Gasteiger partial charge in [-0.25, -0.2) is 0 Å². The molecule has 4 heterocycles. The molecule has 0 bridgehead atoms. The molecule has 1 atom stereocenters. The SMILES string of the molecule is Cc1nc(CC2CCOC3(CCN(C(=O)c4cn[nH]c4-c4ccccc4)CC3)C2)no1. The van der Waals surface area contributed by atoms with Crippen molar-refractivity contribution in [1.29, 1.82) is 0 Å². The monoisotopic (exact) mass is 421 g/mol. The molecular weight excluding hydrogens is 394 g/mol. The number of hydrogen-bond donors (Lipinski definition) is 1. The van der Waals surface area contributed by atoms with Gasteiger partial charge in [0.2, 0.25) is 5.89 Å². The Morgan fingerprint density at radius 1 is 1.26 bits per heavy atom. The minimum atomic E-state index is -0.156. The van der Waals surface area contributed by atoms with Gasteiger partial charge in [-0.05, 0) is 31.6 Å². The molecule has 1 unspecified atom stereocenters. The summed E-state index contributed by atoms with van der Waals surface area (Å²) in [5.41, 5.74) is 2.20. The van der Waals surface area contributed by atoms with Crippen molar-refractivity contribution in [2.45, 2.75) is 44.6 Å². The van der Waals surface area contributed by atoms with Crippen molar-refractivity contribution in [1.82, 2.24) is 25.2 Å². The molecule has 1 aromatic carbocycles. The van der Waals surface area contributed by atoms with Crippen LogP contribution in [-0.2, 0) is 11.2 Å². The number of amides is 1.